The van der Waals surface area contributed by atoms with Gasteiger partial charge in [0.25, 0.3) is 0 Å². The van der Waals surface area contributed by atoms with Gasteiger partial charge >= 0.3 is 6.18 Å². The number of hydrogen-bond donors (Lipinski definition) is 2. The van der Waals surface area contributed by atoms with E-state index in [1.54, 1.807) is 12.1 Å². The lowest BCUT2D eigenvalue weighted by atomic mass is 9.84. The van der Waals surface area contributed by atoms with Crippen LogP contribution in [0.2, 0.25) is 0 Å². The molecule has 0 aromatic heterocycles. The van der Waals surface area contributed by atoms with Crippen LogP contribution in [-0.4, -0.2) is 24.4 Å². The highest BCUT2D eigenvalue weighted by atomic mass is 19.4. The van der Waals surface area contributed by atoms with E-state index in [4.69, 9.17) is 4.74 Å². The minimum atomic E-state index is -4.15. The van der Waals surface area contributed by atoms with Gasteiger partial charge in [0.15, 0.2) is 11.5 Å². The maximum Gasteiger partial charge on any atom is 0.393 e. The second-order valence-corrected chi connectivity index (χ2v) is 5.43. The van der Waals surface area contributed by atoms with Crippen molar-refractivity contribution in [3.8, 4) is 11.5 Å². The van der Waals surface area contributed by atoms with Crippen LogP contribution in [0.25, 0.3) is 0 Å². The molecule has 0 radical (unpaired) electrons. The first-order chi connectivity index (χ1) is 9.91. The molecule has 0 saturated heterocycles. The number of ether oxygens (including phenoxy) is 1. The Morgan fingerprint density at radius 2 is 2.00 bits per heavy atom. The average molecular weight is 303 g/mol. The first kappa shape index (κ1) is 15.9. The summed E-state index contributed by atoms with van der Waals surface area (Å²) in [5, 5.41) is 12.7. The van der Waals surface area contributed by atoms with Gasteiger partial charge in [-0.05, 0) is 30.5 Å². The van der Waals surface area contributed by atoms with Crippen molar-refractivity contribution in [2.75, 3.05) is 7.11 Å². The molecule has 1 fully saturated rings. The Morgan fingerprint density at radius 3 is 2.62 bits per heavy atom. The summed E-state index contributed by atoms with van der Waals surface area (Å²) in [6.07, 6.45) is -1.98. The first-order valence-corrected chi connectivity index (χ1v) is 7.08. The Kier molecular flexibility index (Phi) is 4.98. The van der Waals surface area contributed by atoms with Gasteiger partial charge in [-0.3, -0.25) is 0 Å². The van der Waals surface area contributed by atoms with Gasteiger partial charge in [-0.25, -0.2) is 0 Å². The summed E-state index contributed by atoms with van der Waals surface area (Å²) in [6, 6.07) is 4.30. The van der Waals surface area contributed by atoms with Crippen molar-refractivity contribution in [3.05, 3.63) is 23.8 Å². The standard InChI is InChI=1S/C15H20F3NO2/c1-21-14-7-6-10(8-13(14)20)9-19-12-5-3-2-4-11(12)15(16,17)18/h6-8,11-12,19-20H,2-5,9H2,1H3. The van der Waals surface area contributed by atoms with Gasteiger partial charge in [0, 0.05) is 12.6 Å². The van der Waals surface area contributed by atoms with Crippen LogP contribution in [-0.2, 0) is 6.54 Å². The van der Waals surface area contributed by atoms with Crippen molar-refractivity contribution < 1.29 is 23.0 Å². The summed E-state index contributed by atoms with van der Waals surface area (Å²) >= 11 is 0. The summed E-state index contributed by atoms with van der Waals surface area (Å²) in [5.41, 5.74) is 0.736. The van der Waals surface area contributed by atoms with Crippen LogP contribution in [0.1, 0.15) is 31.2 Å². The SMILES string of the molecule is COc1ccc(CNC2CCCCC2C(F)(F)F)cc1O. The third-order valence-electron chi connectivity index (χ3n) is 4.00. The van der Waals surface area contributed by atoms with Crippen LogP contribution in [0.3, 0.4) is 0 Å². The van der Waals surface area contributed by atoms with Gasteiger partial charge in [-0.1, -0.05) is 18.9 Å². The predicted octanol–water partition coefficient (Wildman–Crippen LogP) is 3.61. The van der Waals surface area contributed by atoms with Crippen LogP contribution in [0, 0.1) is 5.92 Å². The number of benzene rings is 1. The number of methoxy groups -OCH3 is 1. The van der Waals surface area contributed by atoms with Crippen LogP contribution < -0.4 is 10.1 Å². The Labute approximate surface area is 122 Å². The Morgan fingerprint density at radius 1 is 1.29 bits per heavy atom. The molecule has 3 nitrogen and oxygen atoms in total. The average Bonchev–Trinajstić information content (AvgIpc) is 2.44. The van der Waals surface area contributed by atoms with Gasteiger partial charge in [0.2, 0.25) is 0 Å². The second kappa shape index (κ2) is 6.56. The molecule has 2 rings (SSSR count). The zero-order valence-electron chi connectivity index (χ0n) is 11.9. The van der Waals surface area contributed by atoms with Crippen LogP contribution in [0.4, 0.5) is 13.2 Å². The lowest BCUT2D eigenvalue weighted by Gasteiger charge is -2.33. The van der Waals surface area contributed by atoms with E-state index in [0.717, 1.165) is 12.0 Å². The fourth-order valence-corrected chi connectivity index (χ4v) is 2.86. The number of halogens is 3. The number of aromatic hydroxyl groups is 1. The normalized spacial score (nSPS) is 23.0. The number of phenolic OH excluding ortho intramolecular Hbond substituents is 1. The summed E-state index contributed by atoms with van der Waals surface area (Å²) in [7, 11) is 1.45. The van der Waals surface area contributed by atoms with Crippen LogP contribution >= 0.6 is 0 Å². The largest absolute Gasteiger partial charge is 0.504 e. The van der Waals surface area contributed by atoms with Gasteiger partial charge in [0.1, 0.15) is 0 Å². The van der Waals surface area contributed by atoms with E-state index in [2.05, 4.69) is 5.32 Å². The fourth-order valence-electron chi connectivity index (χ4n) is 2.86. The van der Waals surface area contributed by atoms with E-state index in [9.17, 15) is 18.3 Å². The minimum absolute atomic E-state index is 0.00665. The van der Waals surface area contributed by atoms with Crippen LogP contribution in [0.15, 0.2) is 18.2 Å². The number of hydrogen-bond acceptors (Lipinski definition) is 3. The molecule has 0 heterocycles. The zero-order chi connectivity index (χ0) is 15.5. The number of alkyl halides is 3. The van der Waals surface area contributed by atoms with Crippen molar-refractivity contribution in [3.63, 3.8) is 0 Å². The van der Waals surface area contributed by atoms with Gasteiger partial charge in [-0.2, -0.15) is 13.2 Å². The van der Waals surface area contributed by atoms with Crippen molar-refractivity contribution in [1.82, 2.24) is 5.32 Å². The molecule has 0 bridgehead atoms. The molecule has 118 valence electrons. The van der Waals surface area contributed by atoms with E-state index < -0.39 is 18.1 Å². The molecular formula is C15H20F3NO2. The molecule has 6 heteroatoms. The highest BCUT2D eigenvalue weighted by molar-refractivity contribution is 5.41. The maximum atomic E-state index is 13.0. The van der Waals surface area contributed by atoms with E-state index in [-0.39, 0.29) is 12.2 Å². The Hall–Kier alpha value is -1.43. The summed E-state index contributed by atoms with van der Waals surface area (Å²) < 4.78 is 43.9. The van der Waals surface area contributed by atoms with Crippen molar-refractivity contribution in [2.24, 2.45) is 5.92 Å². The molecule has 1 aromatic rings. The van der Waals surface area contributed by atoms with Crippen LogP contribution in [0.5, 0.6) is 11.5 Å². The van der Waals surface area contributed by atoms with Gasteiger partial charge < -0.3 is 15.2 Å². The zero-order valence-corrected chi connectivity index (χ0v) is 11.9. The van der Waals surface area contributed by atoms with Gasteiger partial charge in [0.05, 0.1) is 13.0 Å². The molecule has 0 amide bonds. The third-order valence-corrected chi connectivity index (χ3v) is 4.00. The van der Waals surface area contributed by atoms with Crippen molar-refractivity contribution in [2.45, 2.75) is 44.4 Å². The number of nitrogens with one attached hydrogen (secondary N) is 1. The monoisotopic (exact) mass is 303 g/mol. The second-order valence-electron chi connectivity index (χ2n) is 5.43. The van der Waals surface area contributed by atoms with E-state index in [1.807, 2.05) is 0 Å². The molecule has 1 aliphatic rings. The summed E-state index contributed by atoms with van der Waals surface area (Å²) in [4.78, 5) is 0. The van der Waals surface area contributed by atoms with Crippen molar-refractivity contribution >= 4 is 0 Å². The quantitative estimate of drug-likeness (QED) is 0.893. The number of rotatable bonds is 4. The summed E-state index contributed by atoms with van der Waals surface area (Å²) in [6.45, 7) is 0.300. The molecule has 2 N–H and O–H groups in total. The Bertz CT molecular complexity index is 476. The smallest absolute Gasteiger partial charge is 0.393 e. The highest BCUT2D eigenvalue weighted by Crippen LogP contribution is 2.38. The molecule has 1 saturated carbocycles. The molecule has 0 aliphatic heterocycles. The molecule has 2 unspecified atom stereocenters. The predicted molar refractivity (Wildman–Crippen MR) is 73.3 cm³/mol. The number of phenols is 1. The highest BCUT2D eigenvalue weighted by Gasteiger charge is 2.45. The van der Waals surface area contributed by atoms with E-state index >= 15 is 0 Å². The van der Waals surface area contributed by atoms with E-state index in [0.29, 0.717) is 25.1 Å². The Balaban J connectivity index is 1.99. The molecular weight excluding hydrogens is 283 g/mol. The lowest BCUT2D eigenvalue weighted by molar-refractivity contribution is -0.189. The minimum Gasteiger partial charge on any atom is -0.504 e. The van der Waals surface area contributed by atoms with Gasteiger partial charge in [-0.15, -0.1) is 0 Å². The van der Waals surface area contributed by atoms with E-state index in [1.165, 1.54) is 13.2 Å². The molecule has 0 spiro atoms. The first-order valence-electron chi connectivity index (χ1n) is 7.08. The lowest BCUT2D eigenvalue weighted by Crippen LogP contribution is -2.45. The molecule has 1 aliphatic carbocycles. The maximum absolute atomic E-state index is 13.0. The third kappa shape index (κ3) is 4.03. The summed E-state index contributed by atoms with van der Waals surface area (Å²) in [5.74, 6) is -0.935. The molecule has 2 atom stereocenters. The molecule has 1 aromatic carbocycles. The fraction of sp³-hybridized carbons (Fsp3) is 0.600. The topological polar surface area (TPSA) is 41.5 Å². The van der Waals surface area contributed by atoms with Crippen molar-refractivity contribution in [1.29, 1.82) is 0 Å². The molecule has 21 heavy (non-hydrogen) atoms.